The lowest BCUT2D eigenvalue weighted by atomic mass is 10.0. The topological polar surface area (TPSA) is 96.6 Å². The largest absolute Gasteiger partial charge is 0.356 e. The molecule has 1 aliphatic rings. The van der Waals surface area contributed by atoms with Crippen LogP contribution < -0.4 is 15.8 Å². The Kier molecular flexibility index (Phi) is 10.5. The number of sulfonamides is 1. The van der Waals surface area contributed by atoms with Gasteiger partial charge in [0.05, 0.1) is 4.90 Å². The molecule has 0 aromatic heterocycles. The molecule has 148 valence electrons. The summed E-state index contributed by atoms with van der Waals surface area (Å²) < 4.78 is 22.5. The number of aliphatic imine (C=N–C) groups is 1. The first-order valence-electron chi connectivity index (χ1n) is 9.05. The van der Waals surface area contributed by atoms with E-state index in [1.165, 1.54) is 50.7 Å². The van der Waals surface area contributed by atoms with Crippen LogP contribution in [0.4, 0.5) is 0 Å². The molecular formula is C18H31IN4O2S. The van der Waals surface area contributed by atoms with Crippen LogP contribution in [0.3, 0.4) is 0 Å². The van der Waals surface area contributed by atoms with Gasteiger partial charge in [0, 0.05) is 20.1 Å². The Labute approximate surface area is 174 Å². The Balaban J connectivity index is 0.00000338. The average Bonchev–Trinajstić information content (AvgIpc) is 3.10. The average molecular weight is 494 g/mol. The van der Waals surface area contributed by atoms with Crippen molar-refractivity contribution >= 4 is 40.0 Å². The molecular weight excluding hydrogens is 463 g/mol. The first-order valence-corrected chi connectivity index (χ1v) is 10.6. The molecule has 8 heteroatoms. The maximum atomic E-state index is 11.2. The normalized spacial score (nSPS) is 15.5. The molecule has 0 aliphatic heterocycles. The lowest BCUT2D eigenvalue weighted by Crippen LogP contribution is -2.37. The number of nitrogens with one attached hydrogen (secondary N) is 2. The van der Waals surface area contributed by atoms with Crippen molar-refractivity contribution in [1.82, 2.24) is 10.6 Å². The summed E-state index contributed by atoms with van der Waals surface area (Å²) in [7, 11) is -1.89. The lowest BCUT2D eigenvalue weighted by Gasteiger charge is -2.13. The second-order valence-electron chi connectivity index (χ2n) is 6.69. The molecule has 0 heterocycles. The van der Waals surface area contributed by atoms with Gasteiger partial charge in [0.1, 0.15) is 0 Å². The molecule has 1 aliphatic carbocycles. The van der Waals surface area contributed by atoms with E-state index in [1.807, 2.05) is 0 Å². The van der Waals surface area contributed by atoms with Crippen molar-refractivity contribution in [3.8, 4) is 0 Å². The third-order valence-corrected chi connectivity index (χ3v) is 5.67. The van der Waals surface area contributed by atoms with Gasteiger partial charge in [-0.3, -0.25) is 4.99 Å². The van der Waals surface area contributed by atoms with Gasteiger partial charge in [-0.25, -0.2) is 13.6 Å². The van der Waals surface area contributed by atoms with Crippen LogP contribution in [0.1, 0.15) is 50.5 Å². The van der Waals surface area contributed by atoms with Crippen LogP contribution in [0.25, 0.3) is 0 Å². The molecule has 2 rings (SSSR count). The van der Waals surface area contributed by atoms with Crippen LogP contribution >= 0.6 is 24.0 Å². The molecule has 0 amide bonds. The van der Waals surface area contributed by atoms with Crippen LogP contribution in [0.5, 0.6) is 0 Å². The van der Waals surface area contributed by atoms with Gasteiger partial charge < -0.3 is 10.6 Å². The second-order valence-corrected chi connectivity index (χ2v) is 8.25. The van der Waals surface area contributed by atoms with Gasteiger partial charge >= 0.3 is 0 Å². The van der Waals surface area contributed by atoms with Crippen molar-refractivity contribution in [2.24, 2.45) is 16.0 Å². The zero-order valence-corrected chi connectivity index (χ0v) is 18.6. The number of guanidine groups is 1. The fraction of sp³-hybridized carbons (Fsp3) is 0.611. The van der Waals surface area contributed by atoms with Crippen molar-refractivity contribution in [3.63, 3.8) is 0 Å². The van der Waals surface area contributed by atoms with E-state index in [4.69, 9.17) is 5.14 Å². The summed E-state index contributed by atoms with van der Waals surface area (Å²) >= 11 is 0. The fourth-order valence-corrected chi connectivity index (χ4v) is 3.78. The smallest absolute Gasteiger partial charge is 0.238 e. The highest BCUT2D eigenvalue weighted by atomic mass is 127. The van der Waals surface area contributed by atoms with Gasteiger partial charge in [0.25, 0.3) is 0 Å². The first kappa shape index (κ1) is 23.2. The molecule has 0 radical (unpaired) electrons. The van der Waals surface area contributed by atoms with Crippen LogP contribution in [0, 0.1) is 5.92 Å². The molecule has 1 saturated carbocycles. The summed E-state index contributed by atoms with van der Waals surface area (Å²) in [5, 5.41) is 11.7. The van der Waals surface area contributed by atoms with Gasteiger partial charge in [-0.2, -0.15) is 0 Å². The molecule has 0 atom stereocenters. The van der Waals surface area contributed by atoms with Gasteiger partial charge in [-0.1, -0.05) is 50.7 Å². The number of rotatable bonds is 8. The van der Waals surface area contributed by atoms with E-state index in [1.54, 1.807) is 19.2 Å². The molecule has 0 bridgehead atoms. The van der Waals surface area contributed by atoms with Gasteiger partial charge in [0.2, 0.25) is 10.0 Å². The second kappa shape index (κ2) is 11.8. The molecule has 1 aromatic rings. The van der Waals surface area contributed by atoms with Gasteiger partial charge in [-0.05, 0) is 30.0 Å². The SMILES string of the molecule is CN=C(NCCCCC1CCCC1)NCc1ccc(S(N)(=O)=O)cc1.I. The van der Waals surface area contributed by atoms with E-state index in [2.05, 4.69) is 15.6 Å². The maximum absolute atomic E-state index is 11.2. The predicted molar refractivity (Wildman–Crippen MR) is 117 cm³/mol. The van der Waals surface area contributed by atoms with Crippen molar-refractivity contribution in [2.45, 2.75) is 56.4 Å². The van der Waals surface area contributed by atoms with Crippen LogP contribution in [-0.4, -0.2) is 28.0 Å². The summed E-state index contributed by atoms with van der Waals surface area (Å²) in [5.41, 5.74) is 0.969. The highest BCUT2D eigenvalue weighted by Crippen LogP contribution is 2.28. The molecule has 1 aromatic carbocycles. The number of nitrogens with two attached hydrogens (primary N) is 1. The maximum Gasteiger partial charge on any atom is 0.238 e. The van der Waals surface area contributed by atoms with E-state index in [9.17, 15) is 8.42 Å². The van der Waals surface area contributed by atoms with Crippen LogP contribution in [0.2, 0.25) is 0 Å². The molecule has 26 heavy (non-hydrogen) atoms. The third kappa shape index (κ3) is 8.22. The Morgan fingerprint density at radius 1 is 1.15 bits per heavy atom. The highest BCUT2D eigenvalue weighted by molar-refractivity contribution is 14.0. The monoisotopic (exact) mass is 494 g/mol. The summed E-state index contributed by atoms with van der Waals surface area (Å²) in [5.74, 6) is 1.72. The number of nitrogens with zero attached hydrogens (tertiary/aromatic N) is 1. The Hall–Kier alpha value is -0.870. The van der Waals surface area contributed by atoms with Crippen molar-refractivity contribution < 1.29 is 8.42 Å². The quantitative estimate of drug-likeness (QED) is 0.224. The molecule has 0 saturated heterocycles. The zero-order chi connectivity index (χ0) is 18.1. The number of unbranched alkanes of at least 4 members (excludes halogenated alkanes) is 1. The number of primary sulfonamides is 1. The molecule has 4 N–H and O–H groups in total. The standard InChI is InChI=1S/C18H30N4O2S.HI/c1-20-18(21-13-5-4-8-15-6-2-3-7-15)22-14-16-9-11-17(12-10-16)25(19,23)24;/h9-12,15H,2-8,13-14H2,1H3,(H2,19,23,24)(H2,20,21,22);1H. The highest BCUT2D eigenvalue weighted by Gasteiger charge is 2.13. The number of hydrogen-bond donors (Lipinski definition) is 3. The fourth-order valence-electron chi connectivity index (χ4n) is 3.27. The number of benzene rings is 1. The Morgan fingerprint density at radius 3 is 2.38 bits per heavy atom. The van der Waals surface area contributed by atoms with E-state index >= 15 is 0 Å². The van der Waals surface area contributed by atoms with Crippen molar-refractivity contribution in [1.29, 1.82) is 0 Å². The summed E-state index contributed by atoms with van der Waals surface area (Å²) in [6.07, 6.45) is 9.44. The predicted octanol–water partition coefficient (Wildman–Crippen LogP) is 2.98. The van der Waals surface area contributed by atoms with E-state index in [-0.39, 0.29) is 28.9 Å². The minimum Gasteiger partial charge on any atom is -0.356 e. The summed E-state index contributed by atoms with van der Waals surface area (Å²) in [4.78, 5) is 4.34. The van der Waals surface area contributed by atoms with E-state index < -0.39 is 10.0 Å². The zero-order valence-electron chi connectivity index (χ0n) is 15.4. The lowest BCUT2D eigenvalue weighted by molar-refractivity contribution is 0.472. The number of halogens is 1. The van der Waals surface area contributed by atoms with Gasteiger partial charge in [0.15, 0.2) is 5.96 Å². The van der Waals surface area contributed by atoms with Crippen molar-refractivity contribution in [3.05, 3.63) is 29.8 Å². The summed E-state index contributed by atoms with van der Waals surface area (Å²) in [6.45, 7) is 1.49. The summed E-state index contributed by atoms with van der Waals surface area (Å²) in [6, 6.07) is 6.54. The van der Waals surface area contributed by atoms with E-state index in [0.29, 0.717) is 6.54 Å². The Morgan fingerprint density at radius 2 is 1.81 bits per heavy atom. The molecule has 6 nitrogen and oxygen atoms in total. The number of hydrogen-bond acceptors (Lipinski definition) is 3. The minimum atomic E-state index is -3.64. The van der Waals surface area contributed by atoms with E-state index in [0.717, 1.165) is 30.4 Å². The molecule has 1 fully saturated rings. The molecule has 0 unspecified atom stereocenters. The van der Waals surface area contributed by atoms with Crippen LogP contribution in [0.15, 0.2) is 34.2 Å². The third-order valence-electron chi connectivity index (χ3n) is 4.74. The Bertz CT molecular complexity index is 656. The first-order chi connectivity index (χ1) is 12.0. The van der Waals surface area contributed by atoms with Gasteiger partial charge in [-0.15, -0.1) is 24.0 Å². The minimum absolute atomic E-state index is 0. The van der Waals surface area contributed by atoms with Crippen molar-refractivity contribution in [2.75, 3.05) is 13.6 Å². The van der Waals surface area contributed by atoms with Crippen LogP contribution in [-0.2, 0) is 16.6 Å². The molecule has 0 spiro atoms.